The van der Waals surface area contributed by atoms with Crippen molar-refractivity contribution in [3.05, 3.63) is 46.1 Å². The second-order valence-corrected chi connectivity index (χ2v) is 8.31. The molecule has 1 saturated heterocycles. The fourth-order valence-corrected chi connectivity index (χ4v) is 4.17. The van der Waals surface area contributed by atoms with E-state index in [0.717, 1.165) is 31.5 Å². The van der Waals surface area contributed by atoms with Crippen molar-refractivity contribution < 1.29 is 14.3 Å². The molecule has 0 bridgehead atoms. The van der Waals surface area contributed by atoms with Crippen molar-refractivity contribution in [2.45, 2.75) is 51.1 Å². The fraction of sp³-hybridized carbons (Fsp3) is 0.545. The maximum atomic E-state index is 13.1. The molecule has 4 rings (SSSR count). The van der Waals surface area contributed by atoms with E-state index in [1.54, 1.807) is 31.4 Å². The smallest absolute Gasteiger partial charge is 0.346 e. The van der Waals surface area contributed by atoms with E-state index in [1.165, 1.54) is 11.6 Å². The van der Waals surface area contributed by atoms with Crippen LogP contribution < -0.4 is 11.0 Å². The van der Waals surface area contributed by atoms with Crippen molar-refractivity contribution >= 4 is 17.5 Å². The third-order valence-corrected chi connectivity index (χ3v) is 5.84. The van der Waals surface area contributed by atoms with E-state index in [0.29, 0.717) is 37.5 Å². The first-order chi connectivity index (χ1) is 15.0. The number of ether oxygens (including phenoxy) is 1. The van der Waals surface area contributed by atoms with E-state index in [9.17, 15) is 14.4 Å². The predicted octanol–water partition coefficient (Wildman–Crippen LogP) is 2.00. The number of methoxy groups -OCH3 is 1. The highest BCUT2D eigenvalue weighted by Crippen LogP contribution is 2.37. The molecule has 1 aliphatic carbocycles. The largest absolute Gasteiger partial charge is 0.383 e. The molecule has 1 aliphatic heterocycles. The van der Waals surface area contributed by atoms with Gasteiger partial charge in [0.05, 0.1) is 13.2 Å². The van der Waals surface area contributed by atoms with Crippen molar-refractivity contribution in [3.8, 4) is 0 Å². The number of benzene rings is 1. The minimum atomic E-state index is -0.149. The first-order valence-electron chi connectivity index (χ1n) is 10.8. The number of carbonyl (C=O) groups excluding carboxylic acids is 2. The summed E-state index contributed by atoms with van der Waals surface area (Å²) in [6.45, 7) is 3.54. The Labute approximate surface area is 181 Å². The fourth-order valence-electron chi connectivity index (χ4n) is 4.17. The van der Waals surface area contributed by atoms with Crippen LogP contribution in [-0.2, 0) is 16.1 Å². The summed E-state index contributed by atoms with van der Waals surface area (Å²) in [4.78, 5) is 39.0. The molecular formula is C22H29N5O4. The number of likely N-dealkylation sites (tertiary alicyclic amines) is 1. The average molecular weight is 428 g/mol. The van der Waals surface area contributed by atoms with Gasteiger partial charge in [0.1, 0.15) is 5.82 Å². The van der Waals surface area contributed by atoms with Crippen molar-refractivity contribution in [3.63, 3.8) is 0 Å². The summed E-state index contributed by atoms with van der Waals surface area (Å²) >= 11 is 0. The van der Waals surface area contributed by atoms with Gasteiger partial charge in [-0.25, -0.2) is 9.48 Å². The van der Waals surface area contributed by atoms with Crippen molar-refractivity contribution in [1.82, 2.24) is 19.2 Å². The van der Waals surface area contributed by atoms with Crippen LogP contribution in [0.15, 0.2) is 29.1 Å². The van der Waals surface area contributed by atoms with Crippen LogP contribution in [0, 0.1) is 0 Å². The number of aromatic nitrogens is 3. The van der Waals surface area contributed by atoms with Gasteiger partial charge >= 0.3 is 5.69 Å². The summed E-state index contributed by atoms with van der Waals surface area (Å²) in [5, 5.41) is 7.35. The van der Waals surface area contributed by atoms with E-state index < -0.39 is 0 Å². The minimum absolute atomic E-state index is 0.0356. The van der Waals surface area contributed by atoms with Gasteiger partial charge in [-0.3, -0.25) is 14.2 Å². The highest BCUT2D eigenvalue weighted by molar-refractivity contribution is 5.95. The molecule has 1 unspecified atom stereocenters. The van der Waals surface area contributed by atoms with Crippen LogP contribution in [0.4, 0.5) is 5.69 Å². The van der Waals surface area contributed by atoms with E-state index in [1.807, 2.05) is 9.47 Å². The normalized spacial score (nSPS) is 18.8. The predicted molar refractivity (Wildman–Crippen MR) is 115 cm³/mol. The summed E-state index contributed by atoms with van der Waals surface area (Å²) in [6, 6.07) is 7.16. The van der Waals surface area contributed by atoms with Crippen LogP contribution in [0.25, 0.3) is 0 Å². The number of hydrogen-bond acceptors (Lipinski definition) is 5. The second kappa shape index (κ2) is 9.05. The lowest BCUT2D eigenvalue weighted by Gasteiger charge is -2.32. The lowest BCUT2D eigenvalue weighted by molar-refractivity contribution is -0.114. The number of rotatable bonds is 7. The molecule has 0 spiro atoms. The van der Waals surface area contributed by atoms with Gasteiger partial charge < -0.3 is 15.0 Å². The van der Waals surface area contributed by atoms with E-state index in [-0.39, 0.29) is 29.5 Å². The summed E-state index contributed by atoms with van der Waals surface area (Å²) in [5.74, 6) is 0.637. The monoisotopic (exact) mass is 427 g/mol. The van der Waals surface area contributed by atoms with Crippen LogP contribution >= 0.6 is 0 Å². The van der Waals surface area contributed by atoms with Gasteiger partial charge in [-0.2, -0.15) is 5.10 Å². The van der Waals surface area contributed by atoms with Gasteiger partial charge in [0, 0.05) is 50.3 Å². The molecule has 2 heterocycles. The molecule has 1 aromatic heterocycles. The van der Waals surface area contributed by atoms with Crippen LogP contribution in [0.2, 0.25) is 0 Å². The van der Waals surface area contributed by atoms with Gasteiger partial charge in [-0.15, -0.1) is 0 Å². The molecule has 1 atom stereocenters. The quantitative estimate of drug-likeness (QED) is 0.729. The molecule has 0 radical (unpaired) electrons. The Hall–Kier alpha value is -2.94. The zero-order valence-electron chi connectivity index (χ0n) is 18.0. The van der Waals surface area contributed by atoms with Crippen LogP contribution in [0.5, 0.6) is 0 Å². The van der Waals surface area contributed by atoms with Crippen molar-refractivity contribution in [2.75, 3.05) is 32.1 Å². The Bertz CT molecular complexity index is 1010. The molecule has 2 amide bonds. The third kappa shape index (κ3) is 4.71. The first kappa shape index (κ1) is 21.3. The van der Waals surface area contributed by atoms with Crippen LogP contribution in [0.1, 0.15) is 60.7 Å². The maximum absolute atomic E-state index is 13.1. The zero-order valence-corrected chi connectivity index (χ0v) is 18.0. The number of anilines is 1. The maximum Gasteiger partial charge on any atom is 0.346 e. The SMILES string of the molecule is COCCn1nc(C2CCCN(C(=O)c3ccc(NC(C)=O)cc3)C2)n(C2CC2)c1=O. The molecule has 1 aromatic carbocycles. The Balaban J connectivity index is 1.51. The molecule has 31 heavy (non-hydrogen) atoms. The number of nitrogens with zero attached hydrogens (tertiary/aromatic N) is 4. The Morgan fingerprint density at radius 2 is 1.94 bits per heavy atom. The third-order valence-electron chi connectivity index (χ3n) is 5.84. The highest BCUT2D eigenvalue weighted by Gasteiger charge is 2.35. The lowest BCUT2D eigenvalue weighted by atomic mass is 9.96. The summed E-state index contributed by atoms with van der Waals surface area (Å²) in [6.07, 6.45) is 3.76. The van der Waals surface area contributed by atoms with Gasteiger partial charge in [0.2, 0.25) is 5.91 Å². The van der Waals surface area contributed by atoms with E-state index >= 15 is 0 Å². The second-order valence-electron chi connectivity index (χ2n) is 8.31. The van der Waals surface area contributed by atoms with Crippen LogP contribution in [0.3, 0.4) is 0 Å². The van der Waals surface area contributed by atoms with Gasteiger partial charge in [0.25, 0.3) is 5.91 Å². The van der Waals surface area contributed by atoms with Crippen molar-refractivity contribution in [2.24, 2.45) is 0 Å². The Morgan fingerprint density at radius 3 is 2.58 bits per heavy atom. The molecule has 2 aromatic rings. The van der Waals surface area contributed by atoms with Crippen molar-refractivity contribution in [1.29, 1.82) is 0 Å². The lowest BCUT2D eigenvalue weighted by Crippen LogP contribution is -2.40. The molecule has 1 N–H and O–H groups in total. The molecule has 166 valence electrons. The Kier molecular flexibility index (Phi) is 6.22. The summed E-state index contributed by atoms with van der Waals surface area (Å²) in [5.41, 5.74) is 1.17. The molecule has 1 saturated carbocycles. The van der Waals surface area contributed by atoms with Crippen LogP contribution in [-0.4, -0.2) is 57.9 Å². The summed E-state index contributed by atoms with van der Waals surface area (Å²) < 4.78 is 8.46. The molecule has 9 nitrogen and oxygen atoms in total. The number of nitrogens with one attached hydrogen (secondary N) is 1. The van der Waals surface area contributed by atoms with E-state index in [2.05, 4.69) is 10.4 Å². The number of amides is 2. The first-order valence-corrected chi connectivity index (χ1v) is 10.8. The van der Waals surface area contributed by atoms with Gasteiger partial charge in [-0.05, 0) is 49.9 Å². The standard InChI is InChI=1S/C22H29N5O4/c1-15(28)23-18-7-5-16(6-8-18)21(29)25-11-3-4-17(14-25)20-24-26(12-13-31-2)22(30)27(20)19-9-10-19/h5-8,17,19H,3-4,9-14H2,1-2H3,(H,23,28). The van der Waals surface area contributed by atoms with E-state index in [4.69, 9.17) is 4.74 Å². The number of carbonyl (C=O) groups is 2. The molecule has 2 fully saturated rings. The Morgan fingerprint density at radius 1 is 1.19 bits per heavy atom. The summed E-state index contributed by atoms with van der Waals surface area (Å²) in [7, 11) is 1.61. The van der Waals surface area contributed by atoms with Gasteiger partial charge in [-0.1, -0.05) is 0 Å². The average Bonchev–Trinajstić information content (AvgIpc) is 3.55. The minimum Gasteiger partial charge on any atom is -0.383 e. The van der Waals surface area contributed by atoms with Gasteiger partial charge in [0.15, 0.2) is 0 Å². The zero-order chi connectivity index (χ0) is 22.0. The number of hydrogen-bond donors (Lipinski definition) is 1. The molecule has 9 heteroatoms. The topological polar surface area (TPSA) is 98.5 Å². The highest BCUT2D eigenvalue weighted by atomic mass is 16.5. The molecule has 2 aliphatic rings. The molecular weight excluding hydrogens is 398 g/mol. The number of piperidine rings is 1.